The number of nitrogens with one attached hydrogen (secondary N) is 1. The Morgan fingerprint density at radius 3 is 2.59 bits per heavy atom. The summed E-state index contributed by atoms with van der Waals surface area (Å²) in [5.74, 6) is 0. The Morgan fingerprint density at radius 1 is 1.19 bits per heavy atom. The van der Waals surface area contributed by atoms with Gasteiger partial charge in [0.2, 0.25) is 0 Å². The average molecular weight is 462 g/mol. The van der Waals surface area contributed by atoms with E-state index in [-0.39, 0.29) is 0 Å². The fourth-order valence-electron chi connectivity index (χ4n) is 2.80. The third kappa shape index (κ3) is 6.44. The summed E-state index contributed by atoms with van der Waals surface area (Å²) in [6.45, 7) is 8.30. The number of thioether (sulfide) groups is 1. The van der Waals surface area contributed by atoms with E-state index in [1.165, 1.54) is 35.7 Å². The molecule has 0 amide bonds. The first-order valence-electron chi connectivity index (χ1n) is 9.05. The maximum atomic E-state index is 4.63. The molecule has 0 saturated carbocycles. The Kier molecular flexibility index (Phi) is 7.92. The van der Waals surface area contributed by atoms with E-state index in [4.69, 9.17) is 0 Å². The number of hydrogen-bond acceptors (Lipinski definition) is 5. The Bertz CT molecular complexity index is 785. The molecule has 0 spiro atoms. The van der Waals surface area contributed by atoms with Gasteiger partial charge in [-0.1, -0.05) is 0 Å². The molecule has 1 heterocycles. The SMILES string of the molecule is C=CNc1cc(C=Nc2ccc(SN3CCCC3)cc2)ccc1SC(C)[Se]. The van der Waals surface area contributed by atoms with Gasteiger partial charge in [0.05, 0.1) is 0 Å². The minimum absolute atomic E-state index is 0.409. The number of benzene rings is 2. The van der Waals surface area contributed by atoms with Gasteiger partial charge in [-0.3, -0.25) is 0 Å². The summed E-state index contributed by atoms with van der Waals surface area (Å²) in [6, 6.07) is 14.8. The van der Waals surface area contributed by atoms with Crippen molar-refractivity contribution >= 4 is 57.3 Å². The van der Waals surface area contributed by atoms with Crippen molar-refractivity contribution in [2.75, 3.05) is 18.4 Å². The van der Waals surface area contributed by atoms with Crippen molar-refractivity contribution in [3.05, 3.63) is 60.8 Å². The molecule has 1 unspecified atom stereocenters. The molecule has 1 saturated heterocycles. The molecule has 1 radical (unpaired) electrons. The molecule has 0 aromatic heterocycles. The van der Waals surface area contributed by atoms with Crippen LogP contribution in [0.3, 0.4) is 0 Å². The van der Waals surface area contributed by atoms with E-state index >= 15 is 0 Å². The van der Waals surface area contributed by atoms with Crippen LogP contribution in [0.5, 0.6) is 0 Å². The van der Waals surface area contributed by atoms with E-state index in [0.717, 1.165) is 16.9 Å². The van der Waals surface area contributed by atoms with E-state index < -0.39 is 0 Å². The van der Waals surface area contributed by atoms with E-state index in [1.54, 1.807) is 18.0 Å². The van der Waals surface area contributed by atoms with Gasteiger partial charge < -0.3 is 0 Å². The molecule has 1 aliphatic rings. The quantitative estimate of drug-likeness (QED) is 0.236. The Morgan fingerprint density at radius 2 is 1.93 bits per heavy atom. The van der Waals surface area contributed by atoms with E-state index in [9.17, 15) is 0 Å². The predicted octanol–water partition coefficient (Wildman–Crippen LogP) is 5.70. The predicted molar refractivity (Wildman–Crippen MR) is 122 cm³/mol. The Balaban J connectivity index is 1.67. The van der Waals surface area contributed by atoms with Crippen molar-refractivity contribution in [2.24, 2.45) is 4.99 Å². The zero-order chi connectivity index (χ0) is 19.1. The molecule has 27 heavy (non-hydrogen) atoms. The van der Waals surface area contributed by atoms with Gasteiger partial charge in [0.25, 0.3) is 0 Å². The van der Waals surface area contributed by atoms with Crippen LogP contribution in [0.1, 0.15) is 25.3 Å². The number of anilines is 1. The molecule has 2 aromatic carbocycles. The second kappa shape index (κ2) is 10.4. The normalized spacial score (nSPS) is 15.9. The van der Waals surface area contributed by atoms with Crippen molar-refractivity contribution < 1.29 is 0 Å². The number of nitrogens with zero attached hydrogens (tertiary/aromatic N) is 2. The van der Waals surface area contributed by atoms with Crippen LogP contribution in [0.25, 0.3) is 0 Å². The van der Waals surface area contributed by atoms with Gasteiger partial charge in [-0.2, -0.15) is 0 Å². The molecule has 1 atom stereocenters. The van der Waals surface area contributed by atoms with Crippen molar-refractivity contribution in [3.63, 3.8) is 0 Å². The zero-order valence-corrected chi connectivity index (χ0v) is 18.8. The first-order chi connectivity index (χ1) is 13.1. The Labute approximate surface area is 179 Å². The van der Waals surface area contributed by atoms with Crippen LogP contribution in [0.15, 0.2) is 70.0 Å². The van der Waals surface area contributed by atoms with Gasteiger partial charge in [-0.05, 0) is 24.8 Å². The summed E-state index contributed by atoms with van der Waals surface area (Å²) < 4.78 is 2.84. The van der Waals surface area contributed by atoms with Crippen LogP contribution in [0.4, 0.5) is 11.4 Å². The number of aliphatic imine (C=N–C) groups is 1. The number of hydrogen-bond donors (Lipinski definition) is 1. The van der Waals surface area contributed by atoms with Gasteiger partial charge >= 0.3 is 137 Å². The fourth-order valence-corrected chi connectivity index (χ4v) is 5.20. The molecule has 1 N–H and O–H groups in total. The first kappa shape index (κ1) is 20.6. The molecule has 1 aliphatic heterocycles. The first-order valence-corrected chi connectivity index (χ1v) is 11.7. The minimum atomic E-state index is 0.409. The van der Waals surface area contributed by atoms with Gasteiger partial charge in [0, 0.05) is 13.1 Å². The van der Waals surface area contributed by atoms with Gasteiger partial charge in [0.1, 0.15) is 0 Å². The summed E-state index contributed by atoms with van der Waals surface area (Å²) >= 11 is 6.76. The van der Waals surface area contributed by atoms with Gasteiger partial charge in [-0.15, -0.1) is 0 Å². The van der Waals surface area contributed by atoms with E-state index in [2.05, 4.69) is 86.6 Å². The third-order valence-corrected chi connectivity index (χ3v) is 6.71. The van der Waals surface area contributed by atoms with Gasteiger partial charge in [0.15, 0.2) is 0 Å². The molecule has 6 heteroatoms. The van der Waals surface area contributed by atoms with Crippen molar-refractivity contribution in [1.29, 1.82) is 0 Å². The maximum absolute atomic E-state index is 4.63. The van der Waals surface area contributed by atoms with Crippen LogP contribution in [-0.4, -0.2) is 43.8 Å². The van der Waals surface area contributed by atoms with E-state index in [0.29, 0.717) is 4.15 Å². The molecule has 0 aliphatic carbocycles. The topological polar surface area (TPSA) is 27.6 Å². The second-order valence-corrected chi connectivity index (χ2v) is 11.0. The molecule has 3 rings (SSSR count). The second-order valence-electron chi connectivity index (χ2n) is 6.27. The van der Waals surface area contributed by atoms with Crippen molar-refractivity contribution in [1.82, 2.24) is 4.31 Å². The van der Waals surface area contributed by atoms with Crippen LogP contribution in [-0.2, 0) is 0 Å². The van der Waals surface area contributed by atoms with Crippen LogP contribution in [0, 0.1) is 0 Å². The molecule has 141 valence electrons. The molecular weight excluding hydrogens is 437 g/mol. The standard InChI is InChI=1S/C21H24N3S2Se/c1-3-22-20-14-17(6-11-21(20)25-16(2)27)15-23-18-7-9-19(10-8-18)26-24-12-4-5-13-24/h3,6-11,14-16,22H,1,4-5,12-13H2,2H3. The summed E-state index contributed by atoms with van der Waals surface area (Å²) in [7, 11) is 0. The summed E-state index contributed by atoms with van der Waals surface area (Å²) in [6.07, 6.45) is 6.24. The van der Waals surface area contributed by atoms with Crippen molar-refractivity contribution in [2.45, 2.75) is 33.7 Å². The number of rotatable bonds is 8. The zero-order valence-electron chi connectivity index (χ0n) is 15.4. The van der Waals surface area contributed by atoms with Crippen LogP contribution >= 0.6 is 23.7 Å². The van der Waals surface area contributed by atoms with E-state index in [1.807, 2.05) is 18.2 Å². The Hall–Kier alpha value is -1.17. The summed E-state index contributed by atoms with van der Waals surface area (Å²) in [5.41, 5.74) is 3.08. The average Bonchev–Trinajstić information content (AvgIpc) is 3.16. The van der Waals surface area contributed by atoms with Gasteiger partial charge in [-0.25, -0.2) is 4.31 Å². The van der Waals surface area contributed by atoms with Crippen molar-refractivity contribution in [3.8, 4) is 0 Å². The van der Waals surface area contributed by atoms with Crippen LogP contribution < -0.4 is 5.32 Å². The monoisotopic (exact) mass is 462 g/mol. The molecule has 0 bridgehead atoms. The summed E-state index contributed by atoms with van der Waals surface area (Å²) in [4.78, 5) is 7.10. The third-order valence-electron chi connectivity index (χ3n) is 4.05. The molecule has 3 nitrogen and oxygen atoms in total. The summed E-state index contributed by atoms with van der Waals surface area (Å²) in [5, 5.41) is 3.22. The molecule has 2 aromatic rings. The molecular formula is C21H24N3S2Se. The molecule has 1 fully saturated rings. The van der Waals surface area contributed by atoms with Crippen LogP contribution in [0.2, 0.25) is 0 Å². The fraction of sp³-hybridized carbons (Fsp3) is 0.286.